The van der Waals surface area contributed by atoms with E-state index >= 15 is 0 Å². The first-order chi connectivity index (χ1) is 12.0. The van der Waals surface area contributed by atoms with E-state index in [0.29, 0.717) is 17.1 Å². The van der Waals surface area contributed by atoms with Gasteiger partial charge in [0.25, 0.3) is 5.91 Å². The third kappa shape index (κ3) is 5.56. The van der Waals surface area contributed by atoms with Crippen molar-refractivity contribution >= 4 is 29.0 Å². The molecule has 1 aromatic carbocycles. The molecule has 0 saturated heterocycles. The van der Waals surface area contributed by atoms with Crippen LogP contribution >= 0.6 is 0 Å². The Bertz CT molecular complexity index is 731. The van der Waals surface area contributed by atoms with Crippen molar-refractivity contribution in [2.45, 2.75) is 26.7 Å². The molecule has 0 atom stereocenters. The first-order valence-corrected chi connectivity index (χ1v) is 8.21. The smallest absolute Gasteiger partial charge is 0.274 e. The zero-order valence-electron chi connectivity index (χ0n) is 14.7. The van der Waals surface area contributed by atoms with E-state index < -0.39 is 0 Å². The van der Waals surface area contributed by atoms with Crippen molar-refractivity contribution in [3.05, 3.63) is 42.4 Å². The number of amides is 2. The lowest BCUT2D eigenvalue weighted by molar-refractivity contribution is -0.114. The molecule has 2 rings (SSSR count). The number of aromatic nitrogens is 2. The second-order valence-electron chi connectivity index (χ2n) is 5.75. The van der Waals surface area contributed by atoms with Gasteiger partial charge in [0, 0.05) is 38.0 Å². The Morgan fingerprint density at radius 3 is 2.32 bits per heavy atom. The van der Waals surface area contributed by atoms with Crippen molar-refractivity contribution in [1.29, 1.82) is 0 Å². The molecule has 132 valence electrons. The molecule has 0 spiro atoms. The minimum atomic E-state index is -0.306. The summed E-state index contributed by atoms with van der Waals surface area (Å²) >= 11 is 0. The summed E-state index contributed by atoms with van der Waals surface area (Å²) in [6, 6.07) is 8.57. The van der Waals surface area contributed by atoms with Crippen LogP contribution in [0, 0.1) is 0 Å². The van der Waals surface area contributed by atoms with Gasteiger partial charge in [-0.15, -0.1) is 0 Å². The highest BCUT2D eigenvalue weighted by atomic mass is 16.2. The van der Waals surface area contributed by atoms with Crippen molar-refractivity contribution < 1.29 is 9.59 Å². The van der Waals surface area contributed by atoms with Crippen LogP contribution in [0.2, 0.25) is 0 Å². The van der Waals surface area contributed by atoms with Crippen molar-refractivity contribution in [3.8, 4) is 0 Å². The second kappa shape index (κ2) is 8.77. The number of hydrogen-bond donors (Lipinski definition) is 2. The van der Waals surface area contributed by atoms with E-state index in [9.17, 15) is 9.59 Å². The quantitative estimate of drug-likeness (QED) is 0.808. The van der Waals surface area contributed by atoms with Crippen LogP contribution in [0.25, 0.3) is 0 Å². The van der Waals surface area contributed by atoms with Crippen molar-refractivity contribution in [2.24, 2.45) is 0 Å². The van der Waals surface area contributed by atoms with Gasteiger partial charge in [0.2, 0.25) is 5.91 Å². The highest BCUT2D eigenvalue weighted by Gasteiger charge is 2.11. The molecule has 0 aliphatic heterocycles. The fourth-order valence-electron chi connectivity index (χ4n) is 2.23. The molecule has 0 unspecified atom stereocenters. The van der Waals surface area contributed by atoms with E-state index in [-0.39, 0.29) is 11.8 Å². The SMILES string of the molecule is CCCCN(C)c1cc(C(=O)Nc2ccc(NC(C)=O)cc2)ncn1. The summed E-state index contributed by atoms with van der Waals surface area (Å²) in [6.07, 6.45) is 3.55. The summed E-state index contributed by atoms with van der Waals surface area (Å²) in [5, 5.41) is 5.46. The van der Waals surface area contributed by atoms with E-state index in [2.05, 4.69) is 27.5 Å². The number of carbonyl (C=O) groups is 2. The highest BCUT2D eigenvalue weighted by molar-refractivity contribution is 6.03. The largest absolute Gasteiger partial charge is 0.360 e. The zero-order chi connectivity index (χ0) is 18.2. The van der Waals surface area contributed by atoms with Crippen molar-refractivity contribution in [3.63, 3.8) is 0 Å². The van der Waals surface area contributed by atoms with Crippen LogP contribution in [-0.4, -0.2) is 35.4 Å². The van der Waals surface area contributed by atoms with E-state index in [1.165, 1.54) is 13.3 Å². The van der Waals surface area contributed by atoms with Gasteiger partial charge in [-0.05, 0) is 30.7 Å². The Hall–Kier alpha value is -2.96. The van der Waals surface area contributed by atoms with E-state index in [1.807, 2.05) is 11.9 Å². The van der Waals surface area contributed by atoms with Crippen molar-refractivity contribution in [1.82, 2.24) is 9.97 Å². The summed E-state index contributed by atoms with van der Waals surface area (Å²) in [5.41, 5.74) is 1.60. The maximum Gasteiger partial charge on any atom is 0.274 e. The molecule has 2 aromatic rings. The monoisotopic (exact) mass is 341 g/mol. The van der Waals surface area contributed by atoms with Crippen LogP contribution in [-0.2, 0) is 4.79 Å². The van der Waals surface area contributed by atoms with Gasteiger partial charge in [-0.3, -0.25) is 9.59 Å². The number of rotatable bonds is 7. The normalized spacial score (nSPS) is 10.2. The Labute approximate surface area is 147 Å². The van der Waals surface area contributed by atoms with E-state index in [1.54, 1.807) is 30.3 Å². The molecule has 0 bridgehead atoms. The standard InChI is InChI=1S/C18H23N5O2/c1-4-5-10-23(3)17-11-16(19-12-20-17)18(25)22-15-8-6-14(7-9-15)21-13(2)24/h6-9,11-12H,4-5,10H2,1-3H3,(H,21,24)(H,22,25). The summed E-state index contributed by atoms with van der Waals surface area (Å²) in [5.74, 6) is 0.270. The minimum absolute atomic E-state index is 0.141. The molecular formula is C18H23N5O2. The molecule has 0 aliphatic rings. The van der Waals surface area contributed by atoms with Gasteiger partial charge in [0.05, 0.1) is 0 Å². The highest BCUT2D eigenvalue weighted by Crippen LogP contribution is 2.15. The average Bonchev–Trinajstić information content (AvgIpc) is 2.61. The summed E-state index contributed by atoms with van der Waals surface area (Å²) in [7, 11) is 1.94. The topological polar surface area (TPSA) is 87.2 Å². The molecule has 25 heavy (non-hydrogen) atoms. The Morgan fingerprint density at radius 1 is 1.08 bits per heavy atom. The molecule has 0 saturated carbocycles. The van der Waals surface area contributed by atoms with E-state index in [4.69, 9.17) is 0 Å². The van der Waals surface area contributed by atoms with Crippen LogP contribution in [0.15, 0.2) is 36.7 Å². The first kappa shape index (κ1) is 18.4. The third-order valence-electron chi connectivity index (χ3n) is 3.59. The molecule has 0 radical (unpaired) electrons. The predicted molar refractivity (Wildman–Crippen MR) is 98.9 cm³/mol. The summed E-state index contributed by atoms with van der Waals surface area (Å²) in [4.78, 5) is 33.7. The van der Waals surface area contributed by atoms with E-state index in [0.717, 1.165) is 25.2 Å². The maximum absolute atomic E-state index is 12.4. The number of unbranched alkanes of at least 4 members (excludes halogenated alkanes) is 1. The lowest BCUT2D eigenvalue weighted by Gasteiger charge is -2.17. The van der Waals surface area contributed by atoms with Crippen LogP contribution in [0.4, 0.5) is 17.2 Å². The molecular weight excluding hydrogens is 318 g/mol. The Morgan fingerprint density at radius 2 is 1.72 bits per heavy atom. The van der Waals surface area contributed by atoms with Gasteiger partial charge >= 0.3 is 0 Å². The second-order valence-corrected chi connectivity index (χ2v) is 5.75. The van der Waals surface area contributed by atoms with Gasteiger partial charge in [-0.2, -0.15) is 0 Å². The molecule has 7 nitrogen and oxygen atoms in total. The molecule has 0 aliphatic carbocycles. The lowest BCUT2D eigenvalue weighted by Crippen LogP contribution is -2.21. The Kier molecular flexibility index (Phi) is 6.45. The Balaban J connectivity index is 2.04. The average molecular weight is 341 g/mol. The summed E-state index contributed by atoms with van der Waals surface area (Å²) < 4.78 is 0. The molecule has 7 heteroatoms. The minimum Gasteiger partial charge on any atom is -0.360 e. The van der Waals surface area contributed by atoms with Gasteiger partial charge in [0.15, 0.2) is 0 Å². The molecule has 1 aromatic heterocycles. The van der Waals surface area contributed by atoms with Gasteiger partial charge in [0.1, 0.15) is 17.8 Å². The summed E-state index contributed by atoms with van der Waals surface area (Å²) in [6.45, 7) is 4.45. The number of hydrogen-bond acceptors (Lipinski definition) is 5. The van der Waals surface area contributed by atoms with Crippen molar-refractivity contribution in [2.75, 3.05) is 29.1 Å². The van der Waals surface area contributed by atoms with Gasteiger partial charge in [-0.1, -0.05) is 13.3 Å². The lowest BCUT2D eigenvalue weighted by atomic mass is 10.2. The maximum atomic E-state index is 12.4. The molecule has 2 N–H and O–H groups in total. The van der Waals surface area contributed by atoms with Gasteiger partial charge < -0.3 is 15.5 Å². The number of anilines is 3. The van der Waals surface area contributed by atoms with Crippen LogP contribution in [0.3, 0.4) is 0 Å². The number of benzene rings is 1. The number of nitrogens with one attached hydrogen (secondary N) is 2. The van der Waals surface area contributed by atoms with Crippen LogP contribution in [0.5, 0.6) is 0 Å². The van der Waals surface area contributed by atoms with Gasteiger partial charge in [-0.25, -0.2) is 9.97 Å². The fraction of sp³-hybridized carbons (Fsp3) is 0.333. The fourth-order valence-corrected chi connectivity index (χ4v) is 2.23. The van der Waals surface area contributed by atoms with Crippen LogP contribution in [0.1, 0.15) is 37.2 Å². The molecule has 0 fully saturated rings. The molecule has 2 amide bonds. The molecule has 1 heterocycles. The zero-order valence-corrected chi connectivity index (χ0v) is 14.7. The number of nitrogens with zero attached hydrogens (tertiary/aromatic N) is 3. The van der Waals surface area contributed by atoms with Crippen LogP contribution < -0.4 is 15.5 Å². The number of carbonyl (C=O) groups excluding carboxylic acids is 2. The third-order valence-corrected chi connectivity index (χ3v) is 3.59. The predicted octanol–water partition coefficient (Wildman–Crippen LogP) is 2.92. The first-order valence-electron chi connectivity index (χ1n) is 8.21.